The lowest BCUT2D eigenvalue weighted by Crippen LogP contribution is -2.40. The zero-order valence-electron chi connectivity index (χ0n) is 8.21. The van der Waals surface area contributed by atoms with Crippen LogP contribution in [0.4, 0.5) is 0 Å². The quantitative estimate of drug-likeness (QED) is 0.675. The van der Waals surface area contributed by atoms with Crippen LogP contribution in [0.25, 0.3) is 0 Å². The molecule has 12 heavy (non-hydrogen) atoms. The monoisotopic (exact) mass is 171 g/mol. The topological polar surface area (TPSA) is 32.3 Å². The summed E-state index contributed by atoms with van der Waals surface area (Å²) in [5, 5.41) is 13.0. The Kier molecular flexibility index (Phi) is 4.02. The summed E-state index contributed by atoms with van der Waals surface area (Å²) in [5.74, 6) is 0.543. The van der Waals surface area contributed by atoms with Gasteiger partial charge in [0.1, 0.15) is 0 Å². The zero-order valence-corrected chi connectivity index (χ0v) is 8.21. The van der Waals surface area contributed by atoms with E-state index in [1.165, 1.54) is 32.1 Å². The average Bonchev–Trinajstić information content (AvgIpc) is 2.17. The molecular formula is C10H21NO. The minimum Gasteiger partial charge on any atom is -0.391 e. The van der Waals surface area contributed by atoms with E-state index >= 15 is 0 Å². The Balaban J connectivity index is 2.33. The van der Waals surface area contributed by atoms with Crippen molar-refractivity contribution in [1.29, 1.82) is 0 Å². The summed E-state index contributed by atoms with van der Waals surface area (Å²) >= 11 is 0. The van der Waals surface area contributed by atoms with Crippen molar-refractivity contribution < 1.29 is 5.11 Å². The van der Waals surface area contributed by atoms with E-state index in [-0.39, 0.29) is 12.1 Å². The second-order valence-corrected chi connectivity index (χ2v) is 3.97. The van der Waals surface area contributed by atoms with Crippen molar-refractivity contribution in [1.82, 2.24) is 5.32 Å². The fourth-order valence-corrected chi connectivity index (χ4v) is 2.05. The molecule has 0 aliphatic heterocycles. The van der Waals surface area contributed by atoms with Crippen LogP contribution in [0.1, 0.15) is 39.0 Å². The molecule has 0 amide bonds. The van der Waals surface area contributed by atoms with E-state index in [1.807, 2.05) is 7.05 Å². The van der Waals surface area contributed by atoms with E-state index in [0.29, 0.717) is 5.92 Å². The molecule has 1 rings (SSSR count). The number of rotatable bonds is 3. The molecule has 0 bridgehead atoms. The number of likely N-dealkylation sites (N-methyl/N-ethyl adjacent to an activating group) is 1. The van der Waals surface area contributed by atoms with Crippen LogP contribution in [0.15, 0.2) is 0 Å². The lowest BCUT2D eigenvalue weighted by atomic mass is 9.83. The highest BCUT2D eigenvalue weighted by molar-refractivity contribution is 4.79. The van der Waals surface area contributed by atoms with Crippen LogP contribution in [-0.4, -0.2) is 24.3 Å². The molecule has 1 unspecified atom stereocenters. The number of nitrogens with one attached hydrogen (secondary N) is 1. The van der Waals surface area contributed by atoms with Gasteiger partial charge in [-0.15, -0.1) is 0 Å². The normalized spacial score (nSPS) is 25.2. The van der Waals surface area contributed by atoms with Gasteiger partial charge in [0.25, 0.3) is 0 Å². The molecule has 0 spiro atoms. The molecule has 2 atom stereocenters. The molecular weight excluding hydrogens is 150 g/mol. The lowest BCUT2D eigenvalue weighted by Gasteiger charge is -2.30. The van der Waals surface area contributed by atoms with Gasteiger partial charge in [0.15, 0.2) is 0 Å². The Morgan fingerprint density at radius 3 is 2.33 bits per heavy atom. The van der Waals surface area contributed by atoms with Crippen LogP contribution < -0.4 is 5.32 Å². The first-order valence-electron chi connectivity index (χ1n) is 5.11. The van der Waals surface area contributed by atoms with E-state index in [9.17, 15) is 5.11 Å². The molecule has 1 aliphatic carbocycles. The molecule has 0 heterocycles. The van der Waals surface area contributed by atoms with Crippen LogP contribution >= 0.6 is 0 Å². The van der Waals surface area contributed by atoms with Gasteiger partial charge in [-0.3, -0.25) is 0 Å². The van der Waals surface area contributed by atoms with E-state index in [2.05, 4.69) is 12.2 Å². The first-order chi connectivity index (χ1) is 5.75. The number of aliphatic hydroxyl groups is 1. The second kappa shape index (κ2) is 4.83. The van der Waals surface area contributed by atoms with Gasteiger partial charge in [0.2, 0.25) is 0 Å². The van der Waals surface area contributed by atoms with Crippen molar-refractivity contribution in [3.63, 3.8) is 0 Å². The molecule has 1 aliphatic rings. The van der Waals surface area contributed by atoms with Crippen LogP contribution in [0, 0.1) is 5.92 Å². The Morgan fingerprint density at radius 1 is 1.25 bits per heavy atom. The molecule has 1 fully saturated rings. The van der Waals surface area contributed by atoms with Crippen molar-refractivity contribution in [3.05, 3.63) is 0 Å². The third kappa shape index (κ3) is 2.46. The van der Waals surface area contributed by atoms with Gasteiger partial charge in [-0.2, -0.15) is 0 Å². The Labute approximate surface area is 75.4 Å². The molecule has 0 aromatic rings. The lowest BCUT2D eigenvalue weighted by molar-refractivity contribution is 0.0580. The Bertz CT molecular complexity index is 121. The van der Waals surface area contributed by atoms with Crippen molar-refractivity contribution in [2.24, 2.45) is 5.92 Å². The first-order valence-corrected chi connectivity index (χ1v) is 5.11. The van der Waals surface area contributed by atoms with E-state index < -0.39 is 0 Å². The molecule has 2 nitrogen and oxygen atoms in total. The highest BCUT2D eigenvalue weighted by Crippen LogP contribution is 2.27. The SMILES string of the molecule is CNC(C)[C@H](O)C1CCCCC1. The molecule has 1 saturated carbocycles. The van der Waals surface area contributed by atoms with E-state index in [0.717, 1.165) is 0 Å². The summed E-state index contributed by atoms with van der Waals surface area (Å²) in [5.41, 5.74) is 0. The number of hydrogen-bond acceptors (Lipinski definition) is 2. The predicted molar refractivity (Wildman–Crippen MR) is 51.1 cm³/mol. The molecule has 0 aromatic heterocycles. The maximum absolute atomic E-state index is 9.88. The summed E-state index contributed by atoms with van der Waals surface area (Å²) in [6.07, 6.45) is 6.25. The standard InChI is InChI=1S/C10H21NO/c1-8(11-2)10(12)9-6-4-3-5-7-9/h8-12H,3-7H2,1-2H3/t8?,10-/m0/s1. The van der Waals surface area contributed by atoms with Crippen molar-refractivity contribution in [2.75, 3.05) is 7.05 Å². The summed E-state index contributed by atoms with van der Waals surface area (Å²) in [6, 6.07) is 0.244. The Hall–Kier alpha value is -0.0800. The highest BCUT2D eigenvalue weighted by atomic mass is 16.3. The minimum atomic E-state index is -0.143. The molecule has 0 aromatic carbocycles. The van der Waals surface area contributed by atoms with Gasteiger partial charge in [-0.25, -0.2) is 0 Å². The van der Waals surface area contributed by atoms with Crippen LogP contribution in [0.3, 0.4) is 0 Å². The van der Waals surface area contributed by atoms with Crippen LogP contribution in [0.5, 0.6) is 0 Å². The maximum atomic E-state index is 9.88. The molecule has 2 heteroatoms. The van der Waals surface area contributed by atoms with Crippen LogP contribution in [-0.2, 0) is 0 Å². The van der Waals surface area contributed by atoms with E-state index in [1.54, 1.807) is 0 Å². The second-order valence-electron chi connectivity index (χ2n) is 3.97. The third-order valence-corrected chi connectivity index (χ3v) is 3.10. The highest BCUT2D eigenvalue weighted by Gasteiger charge is 2.24. The molecule has 72 valence electrons. The summed E-state index contributed by atoms with van der Waals surface area (Å²) in [6.45, 7) is 2.05. The smallest absolute Gasteiger partial charge is 0.0718 e. The van der Waals surface area contributed by atoms with Gasteiger partial charge in [-0.1, -0.05) is 19.3 Å². The van der Waals surface area contributed by atoms with Crippen molar-refractivity contribution in [2.45, 2.75) is 51.2 Å². The molecule has 2 N–H and O–H groups in total. The van der Waals surface area contributed by atoms with Crippen molar-refractivity contribution in [3.8, 4) is 0 Å². The van der Waals surface area contributed by atoms with Gasteiger partial charge >= 0.3 is 0 Å². The third-order valence-electron chi connectivity index (χ3n) is 3.10. The molecule has 0 radical (unpaired) electrons. The van der Waals surface area contributed by atoms with Crippen molar-refractivity contribution >= 4 is 0 Å². The van der Waals surface area contributed by atoms with Gasteiger partial charge in [0.05, 0.1) is 6.10 Å². The maximum Gasteiger partial charge on any atom is 0.0718 e. The number of hydrogen-bond donors (Lipinski definition) is 2. The largest absolute Gasteiger partial charge is 0.391 e. The fraction of sp³-hybridized carbons (Fsp3) is 1.00. The summed E-state index contributed by atoms with van der Waals surface area (Å²) < 4.78 is 0. The minimum absolute atomic E-state index is 0.143. The molecule has 0 saturated heterocycles. The van der Waals surface area contributed by atoms with Gasteiger partial charge in [-0.05, 0) is 32.7 Å². The zero-order chi connectivity index (χ0) is 8.97. The summed E-state index contributed by atoms with van der Waals surface area (Å²) in [4.78, 5) is 0. The Morgan fingerprint density at radius 2 is 1.83 bits per heavy atom. The van der Waals surface area contributed by atoms with Gasteiger partial charge < -0.3 is 10.4 Å². The van der Waals surface area contributed by atoms with E-state index in [4.69, 9.17) is 0 Å². The fourth-order valence-electron chi connectivity index (χ4n) is 2.05. The summed E-state index contributed by atoms with van der Waals surface area (Å²) in [7, 11) is 1.91. The predicted octanol–water partition coefficient (Wildman–Crippen LogP) is 1.54. The van der Waals surface area contributed by atoms with Gasteiger partial charge in [0, 0.05) is 6.04 Å². The average molecular weight is 171 g/mol. The first kappa shape index (κ1) is 10.0. The number of aliphatic hydroxyl groups excluding tert-OH is 1. The van der Waals surface area contributed by atoms with Crippen LogP contribution in [0.2, 0.25) is 0 Å².